The van der Waals surface area contributed by atoms with E-state index in [9.17, 15) is 4.39 Å². The molecule has 0 saturated carbocycles. The van der Waals surface area contributed by atoms with Gasteiger partial charge in [-0.05, 0) is 47.2 Å². The molecule has 0 aliphatic heterocycles. The number of nitrogens with zero attached hydrogens (tertiary/aromatic N) is 2. The molecule has 0 saturated heterocycles. The molecule has 2 aromatic rings. The maximum Gasteiger partial charge on any atom is 0.123 e. The second-order valence-corrected chi connectivity index (χ2v) is 4.61. The predicted octanol–water partition coefficient (Wildman–Crippen LogP) is 3.24. The second-order valence-electron chi connectivity index (χ2n) is 3.37. The Morgan fingerprint density at radius 1 is 1.33 bits per heavy atom. The normalized spacial score (nSPS) is 12.7. The van der Waals surface area contributed by atoms with Crippen molar-refractivity contribution in [3.05, 3.63) is 51.6 Å². The zero-order valence-corrected chi connectivity index (χ0v) is 10.3. The lowest BCUT2D eigenvalue weighted by Crippen LogP contribution is -2.06. The molecule has 15 heavy (non-hydrogen) atoms. The number of hydrogen-bond donors (Lipinski definition) is 0. The van der Waals surface area contributed by atoms with Crippen LogP contribution in [0.5, 0.6) is 0 Å². The molecule has 0 spiro atoms. The number of rotatable bonds is 2. The standard InChI is InChI=1S/C11H10FIN2/c1-8(15-7-11(13)6-14-15)9-2-4-10(12)5-3-9/h2-8H,1H3/t8-/m1/s1. The predicted molar refractivity (Wildman–Crippen MR) is 65.2 cm³/mol. The van der Waals surface area contributed by atoms with Gasteiger partial charge in [-0.15, -0.1) is 0 Å². The highest BCUT2D eigenvalue weighted by molar-refractivity contribution is 14.1. The molecule has 1 atom stereocenters. The van der Waals surface area contributed by atoms with Crippen LogP contribution >= 0.6 is 22.6 Å². The molecule has 0 aliphatic carbocycles. The van der Waals surface area contributed by atoms with E-state index >= 15 is 0 Å². The summed E-state index contributed by atoms with van der Waals surface area (Å²) in [6.07, 6.45) is 3.77. The Labute approximate surface area is 101 Å². The van der Waals surface area contributed by atoms with Gasteiger partial charge in [-0.3, -0.25) is 4.68 Å². The zero-order chi connectivity index (χ0) is 10.8. The summed E-state index contributed by atoms with van der Waals surface area (Å²) in [7, 11) is 0. The van der Waals surface area contributed by atoms with E-state index in [2.05, 4.69) is 27.7 Å². The molecule has 0 fully saturated rings. The van der Waals surface area contributed by atoms with Crippen LogP contribution in [0.15, 0.2) is 36.7 Å². The topological polar surface area (TPSA) is 17.8 Å². The maximum absolute atomic E-state index is 12.7. The smallest absolute Gasteiger partial charge is 0.123 e. The van der Waals surface area contributed by atoms with Crippen molar-refractivity contribution in [3.63, 3.8) is 0 Å². The molecule has 1 heterocycles. The van der Waals surface area contributed by atoms with Crippen LogP contribution in [0.1, 0.15) is 18.5 Å². The quantitative estimate of drug-likeness (QED) is 0.778. The molecule has 0 unspecified atom stereocenters. The third-order valence-corrected chi connectivity index (χ3v) is 2.88. The van der Waals surface area contributed by atoms with Gasteiger partial charge in [0.2, 0.25) is 0 Å². The minimum Gasteiger partial charge on any atom is -0.264 e. The van der Waals surface area contributed by atoms with E-state index in [0.29, 0.717) is 0 Å². The fraction of sp³-hybridized carbons (Fsp3) is 0.182. The van der Waals surface area contributed by atoms with E-state index in [1.165, 1.54) is 12.1 Å². The molecule has 0 bridgehead atoms. The van der Waals surface area contributed by atoms with Crippen molar-refractivity contribution >= 4 is 22.6 Å². The van der Waals surface area contributed by atoms with Gasteiger partial charge in [0.25, 0.3) is 0 Å². The van der Waals surface area contributed by atoms with E-state index in [1.807, 2.05) is 17.8 Å². The highest BCUT2D eigenvalue weighted by Crippen LogP contribution is 2.18. The van der Waals surface area contributed by atoms with Crippen LogP contribution < -0.4 is 0 Å². The summed E-state index contributed by atoms with van der Waals surface area (Å²) in [4.78, 5) is 0. The Hall–Kier alpha value is -0.910. The first-order chi connectivity index (χ1) is 7.16. The van der Waals surface area contributed by atoms with Gasteiger partial charge in [-0.1, -0.05) is 12.1 Å². The summed E-state index contributed by atoms with van der Waals surface area (Å²) in [6.45, 7) is 2.04. The Morgan fingerprint density at radius 2 is 2.00 bits per heavy atom. The molecular weight excluding hydrogens is 306 g/mol. The van der Waals surface area contributed by atoms with Gasteiger partial charge in [-0.25, -0.2) is 4.39 Å². The number of benzene rings is 1. The van der Waals surface area contributed by atoms with Crippen molar-refractivity contribution in [2.75, 3.05) is 0 Å². The van der Waals surface area contributed by atoms with E-state index in [-0.39, 0.29) is 11.9 Å². The minimum absolute atomic E-state index is 0.133. The summed E-state index contributed by atoms with van der Waals surface area (Å²) in [5.41, 5.74) is 1.05. The summed E-state index contributed by atoms with van der Waals surface area (Å²) in [5, 5.41) is 4.23. The van der Waals surface area contributed by atoms with E-state index in [4.69, 9.17) is 0 Å². The van der Waals surface area contributed by atoms with Gasteiger partial charge in [0.1, 0.15) is 5.82 Å². The van der Waals surface area contributed by atoms with Crippen molar-refractivity contribution < 1.29 is 4.39 Å². The minimum atomic E-state index is -0.207. The molecule has 0 aliphatic rings. The summed E-state index contributed by atoms with van der Waals surface area (Å²) in [6, 6.07) is 6.65. The fourth-order valence-electron chi connectivity index (χ4n) is 1.42. The van der Waals surface area contributed by atoms with Gasteiger partial charge in [0.15, 0.2) is 0 Å². The second kappa shape index (κ2) is 4.30. The lowest BCUT2D eigenvalue weighted by atomic mass is 10.1. The maximum atomic E-state index is 12.7. The van der Waals surface area contributed by atoms with Gasteiger partial charge < -0.3 is 0 Å². The SMILES string of the molecule is C[C@H](c1ccc(F)cc1)n1cc(I)cn1. The van der Waals surface area contributed by atoms with Crippen molar-refractivity contribution in [2.45, 2.75) is 13.0 Å². The summed E-state index contributed by atoms with van der Waals surface area (Å²) in [5.74, 6) is -0.207. The van der Waals surface area contributed by atoms with E-state index in [0.717, 1.165) is 9.13 Å². The molecular formula is C11H10FIN2. The monoisotopic (exact) mass is 316 g/mol. The van der Waals surface area contributed by atoms with Gasteiger partial charge in [0, 0.05) is 6.20 Å². The van der Waals surface area contributed by atoms with E-state index in [1.54, 1.807) is 18.3 Å². The molecule has 1 aromatic carbocycles. The molecule has 0 N–H and O–H groups in total. The Balaban J connectivity index is 2.28. The zero-order valence-electron chi connectivity index (χ0n) is 8.19. The van der Waals surface area contributed by atoms with Gasteiger partial charge >= 0.3 is 0 Å². The molecule has 0 radical (unpaired) electrons. The van der Waals surface area contributed by atoms with Crippen molar-refractivity contribution in [2.24, 2.45) is 0 Å². The Morgan fingerprint density at radius 3 is 2.53 bits per heavy atom. The van der Waals surface area contributed by atoms with Crippen LogP contribution in [0.25, 0.3) is 0 Å². The van der Waals surface area contributed by atoms with Crippen LogP contribution in [0.3, 0.4) is 0 Å². The lowest BCUT2D eigenvalue weighted by Gasteiger charge is -2.12. The lowest BCUT2D eigenvalue weighted by molar-refractivity contribution is 0.561. The number of halogens is 2. The highest BCUT2D eigenvalue weighted by atomic mass is 127. The van der Waals surface area contributed by atoms with Gasteiger partial charge in [0.05, 0.1) is 15.8 Å². The molecule has 4 heteroatoms. The highest BCUT2D eigenvalue weighted by Gasteiger charge is 2.08. The Kier molecular flexibility index (Phi) is 3.04. The molecule has 1 aromatic heterocycles. The molecule has 78 valence electrons. The third-order valence-electron chi connectivity index (χ3n) is 2.32. The molecule has 0 amide bonds. The number of hydrogen-bond acceptors (Lipinski definition) is 1. The first-order valence-corrected chi connectivity index (χ1v) is 5.70. The van der Waals surface area contributed by atoms with Crippen LogP contribution in [0.4, 0.5) is 4.39 Å². The molecule has 2 rings (SSSR count). The average Bonchev–Trinajstić information content (AvgIpc) is 2.65. The largest absolute Gasteiger partial charge is 0.264 e. The summed E-state index contributed by atoms with van der Waals surface area (Å²) < 4.78 is 15.7. The van der Waals surface area contributed by atoms with Crippen LogP contribution in [0.2, 0.25) is 0 Å². The van der Waals surface area contributed by atoms with Gasteiger partial charge in [-0.2, -0.15) is 5.10 Å². The van der Waals surface area contributed by atoms with Crippen LogP contribution in [-0.2, 0) is 0 Å². The van der Waals surface area contributed by atoms with Crippen molar-refractivity contribution in [3.8, 4) is 0 Å². The Bertz CT molecular complexity index is 450. The van der Waals surface area contributed by atoms with Crippen molar-refractivity contribution in [1.82, 2.24) is 9.78 Å². The first-order valence-electron chi connectivity index (χ1n) is 4.62. The molecule has 2 nitrogen and oxygen atoms in total. The van der Waals surface area contributed by atoms with E-state index < -0.39 is 0 Å². The number of aromatic nitrogens is 2. The first kappa shape index (κ1) is 10.6. The average molecular weight is 316 g/mol. The fourth-order valence-corrected chi connectivity index (χ4v) is 1.83. The van der Waals surface area contributed by atoms with Crippen molar-refractivity contribution in [1.29, 1.82) is 0 Å². The third kappa shape index (κ3) is 2.37. The van der Waals surface area contributed by atoms with Crippen LogP contribution in [0, 0.1) is 9.39 Å². The van der Waals surface area contributed by atoms with Crippen LogP contribution in [-0.4, -0.2) is 9.78 Å². The summed E-state index contributed by atoms with van der Waals surface area (Å²) >= 11 is 2.22.